The molecule has 0 bridgehead atoms. The third-order valence-corrected chi connectivity index (χ3v) is 2.44. The third-order valence-electron chi connectivity index (χ3n) is 2.15. The lowest BCUT2D eigenvalue weighted by Crippen LogP contribution is -1.94. The maximum Gasteiger partial charge on any atom is 0.177 e. The van der Waals surface area contributed by atoms with E-state index < -0.39 is 0 Å². The highest BCUT2D eigenvalue weighted by atomic mass is 35.5. The van der Waals surface area contributed by atoms with E-state index in [1.54, 1.807) is 6.07 Å². The molecule has 0 amide bonds. The van der Waals surface area contributed by atoms with Gasteiger partial charge in [-0.1, -0.05) is 16.8 Å². The van der Waals surface area contributed by atoms with Crippen LogP contribution in [0.3, 0.4) is 0 Å². The number of fused-ring (bicyclic) bond motifs is 3. The second-order valence-corrected chi connectivity index (χ2v) is 3.43. The maximum atomic E-state index is 13.0. The van der Waals surface area contributed by atoms with Crippen LogP contribution in [0.15, 0.2) is 24.4 Å². The molecule has 0 N–H and O–H groups in total. The Hall–Kier alpha value is -1.75. The van der Waals surface area contributed by atoms with Crippen LogP contribution in [0.2, 0.25) is 5.15 Å². The van der Waals surface area contributed by atoms with Crippen molar-refractivity contribution in [1.82, 2.24) is 19.8 Å². The number of aromatic nitrogens is 4. The predicted molar refractivity (Wildman–Crippen MR) is 53.3 cm³/mol. The largest absolute Gasteiger partial charge is 0.214 e. The van der Waals surface area contributed by atoms with Gasteiger partial charge in [0.15, 0.2) is 5.65 Å². The van der Waals surface area contributed by atoms with Gasteiger partial charge in [0.1, 0.15) is 11.0 Å². The minimum atomic E-state index is -0.356. The average Bonchev–Trinajstić information content (AvgIpc) is 2.66. The molecule has 0 radical (unpaired) electrons. The third kappa shape index (κ3) is 1.16. The number of rotatable bonds is 0. The topological polar surface area (TPSA) is 43.1 Å². The lowest BCUT2D eigenvalue weighted by molar-refractivity contribution is 0.629. The summed E-state index contributed by atoms with van der Waals surface area (Å²) in [6.07, 6.45) is 1.49. The van der Waals surface area contributed by atoms with Gasteiger partial charge in [-0.2, -0.15) is 4.52 Å². The zero-order valence-electron chi connectivity index (χ0n) is 7.35. The van der Waals surface area contributed by atoms with Crippen molar-refractivity contribution in [2.75, 3.05) is 0 Å². The van der Waals surface area contributed by atoms with Gasteiger partial charge in [-0.15, -0.1) is 5.10 Å². The Morgan fingerprint density at radius 2 is 2.20 bits per heavy atom. The minimum Gasteiger partial charge on any atom is -0.214 e. The first kappa shape index (κ1) is 8.55. The van der Waals surface area contributed by atoms with Crippen molar-refractivity contribution in [3.05, 3.63) is 35.4 Å². The van der Waals surface area contributed by atoms with E-state index in [4.69, 9.17) is 11.6 Å². The Balaban J connectivity index is 2.61. The van der Waals surface area contributed by atoms with Crippen molar-refractivity contribution in [2.45, 2.75) is 0 Å². The molecule has 0 saturated heterocycles. The van der Waals surface area contributed by atoms with Gasteiger partial charge in [-0.25, -0.2) is 9.37 Å². The molecule has 0 spiro atoms. The van der Waals surface area contributed by atoms with Gasteiger partial charge in [0.05, 0.1) is 11.7 Å². The van der Waals surface area contributed by atoms with Gasteiger partial charge in [-0.3, -0.25) is 0 Å². The fraction of sp³-hybridized carbons (Fsp3) is 0. The van der Waals surface area contributed by atoms with Crippen LogP contribution in [0.4, 0.5) is 4.39 Å². The lowest BCUT2D eigenvalue weighted by atomic mass is 10.2. The van der Waals surface area contributed by atoms with E-state index in [0.717, 1.165) is 0 Å². The molecule has 0 aliphatic heterocycles. The van der Waals surface area contributed by atoms with Crippen LogP contribution in [0, 0.1) is 5.82 Å². The summed E-state index contributed by atoms with van der Waals surface area (Å²) in [7, 11) is 0. The van der Waals surface area contributed by atoms with Gasteiger partial charge in [0.25, 0.3) is 0 Å². The fourth-order valence-electron chi connectivity index (χ4n) is 1.50. The molecule has 3 rings (SSSR count). The Labute approximate surface area is 88.3 Å². The molecule has 15 heavy (non-hydrogen) atoms. The van der Waals surface area contributed by atoms with Crippen molar-refractivity contribution >= 4 is 28.2 Å². The second-order valence-electron chi connectivity index (χ2n) is 3.07. The van der Waals surface area contributed by atoms with Gasteiger partial charge in [-0.05, 0) is 18.2 Å². The number of nitrogens with zero attached hydrogens (tertiary/aromatic N) is 4. The number of benzene rings is 1. The first-order valence-corrected chi connectivity index (χ1v) is 4.59. The molecule has 0 unspecified atom stereocenters. The highest BCUT2D eigenvalue weighted by Crippen LogP contribution is 2.22. The monoisotopic (exact) mass is 222 g/mol. The van der Waals surface area contributed by atoms with Crippen LogP contribution in [-0.4, -0.2) is 19.8 Å². The molecule has 74 valence electrons. The normalized spacial score (nSPS) is 11.3. The van der Waals surface area contributed by atoms with Crippen LogP contribution in [0.1, 0.15) is 0 Å². The zero-order valence-corrected chi connectivity index (χ0v) is 8.11. The molecule has 2 heterocycles. The van der Waals surface area contributed by atoms with Crippen molar-refractivity contribution in [2.24, 2.45) is 0 Å². The van der Waals surface area contributed by atoms with Gasteiger partial charge >= 0.3 is 0 Å². The van der Waals surface area contributed by atoms with Crippen LogP contribution >= 0.6 is 11.6 Å². The highest BCUT2D eigenvalue weighted by molar-refractivity contribution is 6.34. The summed E-state index contributed by atoms with van der Waals surface area (Å²) >= 11 is 5.92. The quantitative estimate of drug-likeness (QED) is 0.547. The summed E-state index contributed by atoms with van der Waals surface area (Å²) < 4.78 is 14.5. The molecular formula is C9H4ClFN4. The van der Waals surface area contributed by atoms with Crippen molar-refractivity contribution in [3.8, 4) is 0 Å². The second kappa shape index (κ2) is 2.87. The summed E-state index contributed by atoms with van der Waals surface area (Å²) in [4.78, 5) is 4.04. The maximum absolute atomic E-state index is 13.0. The standard InChI is InChI=1S/C9H4ClFN4/c10-9-6-3-5(11)1-2-7(6)15-8(13-9)4-12-14-15/h1-4H. The van der Waals surface area contributed by atoms with Gasteiger partial charge in [0.2, 0.25) is 0 Å². The number of hydrogen-bond acceptors (Lipinski definition) is 3. The Bertz CT molecular complexity index is 664. The van der Waals surface area contributed by atoms with E-state index in [2.05, 4.69) is 15.3 Å². The first-order chi connectivity index (χ1) is 7.25. The first-order valence-electron chi connectivity index (χ1n) is 4.21. The summed E-state index contributed by atoms with van der Waals surface area (Å²) in [6, 6.07) is 4.27. The predicted octanol–water partition coefficient (Wildman–Crippen LogP) is 2.07. The molecule has 3 aromatic rings. The van der Waals surface area contributed by atoms with Crippen LogP contribution in [0.5, 0.6) is 0 Å². The van der Waals surface area contributed by atoms with Crippen molar-refractivity contribution in [3.63, 3.8) is 0 Å². The molecule has 0 aliphatic rings. The molecule has 1 aromatic carbocycles. The molecule has 6 heteroatoms. The highest BCUT2D eigenvalue weighted by Gasteiger charge is 2.08. The molecule has 4 nitrogen and oxygen atoms in total. The summed E-state index contributed by atoms with van der Waals surface area (Å²) in [6.45, 7) is 0. The Morgan fingerprint density at radius 1 is 1.33 bits per heavy atom. The summed E-state index contributed by atoms with van der Waals surface area (Å²) in [5.41, 5.74) is 1.23. The Kier molecular flexibility index (Phi) is 1.63. The van der Waals surface area contributed by atoms with Crippen molar-refractivity contribution < 1.29 is 4.39 Å². The van der Waals surface area contributed by atoms with E-state index in [-0.39, 0.29) is 11.0 Å². The lowest BCUT2D eigenvalue weighted by Gasteiger charge is -2.01. The van der Waals surface area contributed by atoms with E-state index in [1.807, 2.05) is 0 Å². The molecule has 0 atom stereocenters. The molecule has 0 aliphatic carbocycles. The Morgan fingerprint density at radius 3 is 3.07 bits per heavy atom. The van der Waals surface area contributed by atoms with E-state index in [9.17, 15) is 4.39 Å². The van der Waals surface area contributed by atoms with Crippen LogP contribution in [-0.2, 0) is 0 Å². The van der Waals surface area contributed by atoms with Crippen molar-refractivity contribution in [1.29, 1.82) is 0 Å². The van der Waals surface area contributed by atoms with Gasteiger partial charge < -0.3 is 0 Å². The van der Waals surface area contributed by atoms with Crippen LogP contribution < -0.4 is 0 Å². The van der Waals surface area contributed by atoms with E-state index in [1.165, 1.54) is 22.8 Å². The van der Waals surface area contributed by atoms with E-state index in [0.29, 0.717) is 16.6 Å². The number of hydrogen-bond donors (Lipinski definition) is 0. The fourth-order valence-corrected chi connectivity index (χ4v) is 1.73. The zero-order chi connectivity index (χ0) is 10.4. The summed E-state index contributed by atoms with van der Waals surface area (Å²) in [5, 5.41) is 8.33. The summed E-state index contributed by atoms with van der Waals surface area (Å²) in [5.74, 6) is -0.356. The van der Waals surface area contributed by atoms with Crippen LogP contribution in [0.25, 0.3) is 16.6 Å². The SMILES string of the molecule is Fc1ccc2c(c1)c(Cl)nc1cnnn12. The molecular weight excluding hydrogens is 219 g/mol. The minimum absolute atomic E-state index is 0.249. The molecule has 0 saturated carbocycles. The number of halogens is 2. The smallest absolute Gasteiger partial charge is 0.177 e. The van der Waals surface area contributed by atoms with Gasteiger partial charge in [0, 0.05) is 5.39 Å². The van der Waals surface area contributed by atoms with E-state index >= 15 is 0 Å². The molecule has 2 aromatic heterocycles. The molecule has 0 fully saturated rings. The average molecular weight is 223 g/mol.